The first-order chi connectivity index (χ1) is 10.1. The van der Waals surface area contributed by atoms with Crippen LogP contribution in [0.15, 0.2) is 35.3 Å². The van der Waals surface area contributed by atoms with Crippen LogP contribution in [-0.4, -0.2) is 36.6 Å². The van der Waals surface area contributed by atoms with Crippen molar-refractivity contribution in [3.8, 4) is 0 Å². The summed E-state index contributed by atoms with van der Waals surface area (Å²) in [5, 5.41) is 4.73. The summed E-state index contributed by atoms with van der Waals surface area (Å²) in [5.41, 5.74) is 1.51. The van der Waals surface area contributed by atoms with Crippen LogP contribution in [0.5, 0.6) is 0 Å². The molecule has 1 heterocycles. The van der Waals surface area contributed by atoms with Crippen molar-refractivity contribution < 1.29 is 0 Å². The van der Waals surface area contributed by atoms with E-state index >= 15 is 0 Å². The quantitative estimate of drug-likeness (QED) is 0.811. The van der Waals surface area contributed by atoms with Gasteiger partial charge in [-0.25, -0.2) is 0 Å². The van der Waals surface area contributed by atoms with Crippen molar-refractivity contribution in [2.75, 3.05) is 30.8 Å². The van der Waals surface area contributed by atoms with E-state index in [9.17, 15) is 0 Å². The summed E-state index contributed by atoms with van der Waals surface area (Å²) in [4.78, 5) is 7.02. The number of rotatable bonds is 6. The lowest BCUT2D eigenvalue weighted by atomic mass is 9.96. The average molecular weight is 305 g/mol. The Kier molecular flexibility index (Phi) is 5.97. The summed E-state index contributed by atoms with van der Waals surface area (Å²) < 4.78 is 0. The number of nitrogens with zero attached hydrogens (tertiary/aromatic N) is 2. The van der Waals surface area contributed by atoms with Crippen molar-refractivity contribution in [2.24, 2.45) is 4.99 Å². The van der Waals surface area contributed by atoms with Crippen molar-refractivity contribution >= 4 is 22.6 Å². The lowest BCUT2D eigenvalue weighted by Gasteiger charge is -2.35. The monoisotopic (exact) mass is 305 g/mol. The summed E-state index contributed by atoms with van der Waals surface area (Å²) in [6.07, 6.45) is 3.47. The molecule has 1 aromatic carbocycles. The normalized spacial score (nSPS) is 23.9. The van der Waals surface area contributed by atoms with Crippen molar-refractivity contribution in [3.63, 3.8) is 0 Å². The molecule has 0 aliphatic carbocycles. The third-order valence-corrected chi connectivity index (χ3v) is 5.10. The van der Waals surface area contributed by atoms with Crippen LogP contribution in [0.25, 0.3) is 0 Å². The van der Waals surface area contributed by atoms with Crippen LogP contribution < -0.4 is 10.2 Å². The van der Waals surface area contributed by atoms with Gasteiger partial charge in [-0.3, -0.25) is 4.99 Å². The minimum atomic E-state index is 0.241. The van der Waals surface area contributed by atoms with E-state index in [0.717, 1.165) is 31.1 Å². The molecule has 1 aliphatic heterocycles. The summed E-state index contributed by atoms with van der Waals surface area (Å²) in [6, 6.07) is 10.5. The van der Waals surface area contributed by atoms with Crippen molar-refractivity contribution in [2.45, 2.75) is 38.6 Å². The van der Waals surface area contributed by atoms with Gasteiger partial charge in [0, 0.05) is 37.1 Å². The maximum Gasteiger partial charge on any atom is 0.156 e. The Labute approximate surface area is 133 Å². The average Bonchev–Trinajstić information content (AvgIpc) is 2.52. The molecule has 21 heavy (non-hydrogen) atoms. The van der Waals surface area contributed by atoms with Crippen molar-refractivity contribution in [3.05, 3.63) is 30.3 Å². The molecule has 0 bridgehead atoms. The molecule has 1 unspecified atom stereocenters. The molecule has 0 radical (unpaired) electrons. The van der Waals surface area contributed by atoms with Gasteiger partial charge >= 0.3 is 0 Å². The molecular weight excluding hydrogens is 278 g/mol. The highest BCUT2D eigenvalue weighted by Gasteiger charge is 2.27. The van der Waals surface area contributed by atoms with Gasteiger partial charge in [0.25, 0.3) is 0 Å². The summed E-state index contributed by atoms with van der Waals surface area (Å²) >= 11 is 1.86. The van der Waals surface area contributed by atoms with E-state index in [1.165, 1.54) is 17.9 Å². The van der Waals surface area contributed by atoms with E-state index < -0.39 is 0 Å². The number of anilines is 1. The fourth-order valence-corrected chi connectivity index (χ4v) is 3.63. The second kappa shape index (κ2) is 7.74. The molecule has 116 valence electrons. The largest absolute Gasteiger partial charge is 0.375 e. The van der Waals surface area contributed by atoms with Gasteiger partial charge in [-0.2, -0.15) is 0 Å². The second-order valence-corrected chi connectivity index (χ2v) is 7.02. The van der Waals surface area contributed by atoms with Crippen LogP contribution in [0.2, 0.25) is 0 Å². The fourth-order valence-electron chi connectivity index (χ4n) is 2.38. The number of para-hydroxylation sites is 1. The first kappa shape index (κ1) is 16.2. The van der Waals surface area contributed by atoms with Crippen LogP contribution in [0, 0.1) is 0 Å². The third-order valence-electron chi connectivity index (χ3n) is 4.19. The Morgan fingerprint density at radius 1 is 1.33 bits per heavy atom. The molecule has 1 saturated heterocycles. The predicted octanol–water partition coefficient (Wildman–Crippen LogP) is 3.76. The minimum absolute atomic E-state index is 0.241. The van der Waals surface area contributed by atoms with Crippen LogP contribution in [0.4, 0.5) is 5.69 Å². The van der Waals surface area contributed by atoms with Crippen molar-refractivity contribution in [1.82, 2.24) is 5.32 Å². The number of hydrogen-bond acceptors (Lipinski definition) is 3. The Balaban J connectivity index is 1.75. The van der Waals surface area contributed by atoms with Gasteiger partial charge in [0.15, 0.2) is 5.17 Å². The van der Waals surface area contributed by atoms with Crippen molar-refractivity contribution in [1.29, 1.82) is 0 Å². The van der Waals surface area contributed by atoms with E-state index in [1.54, 1.807) is 0 Å². The van der Waals surface area contributed by atoms with E-state index in [2.05, 4.69) is 61.4 Å². The minimum Gasteiger partial charge on any atom is -0.375 e. The molecule has 2 rings (SSSR count). The smallest absolute Gasteiger partial charge is 0.156 e. The van der Waals surface area contributed by atoms with Crippen LogP contribution in [-0.2, 0) is 0 Å². The third kappa shape index (κ3) is 4.95. The van der Waals surface area contributed by atoms with Gasteiger partial charge in [0.05, 0.1) is 0 Å². The molecule has 1 aliphatic rings. The summed E-state index contributed by atoms with van der Waals surface area (Å²) in [7, 11) is 2.14. The number of thioether (sulfide) groups is 1. The van der Waals surface area contributed by atoms with Crippen LogP contribution in [0.1, 0.15) is 33.1 Å². The molecule has 1 fully saturated rings. The maximum atomic E-state index is 4.73. The van der Waals surface area contributed by atoms with E-state index in [-0.39, 0.29) is 5.54 Å². The van der Waals surface area contributed by atoms with Crippen LogP contribution >= 0.6 is 11.8 Å². The van der Waals surface area contributed by atoms with Gasteiger partial charge in [0.1, 0.15) is 0 Å². The molecule has 3 nitrogen and oxygen atoms in total. The molecule has 0 aromatic heterocycles. The molecule has 4 heteroatoms. The fraction of sp³-hybridized carbons (Fsp3) is 0.588. The Morgan fingerprint density at radius 3 is 2.81 bits per heavy atom. The van der Waals surface area contributed by atoms with E-state index in [4.69, 9.17) is 4.99 Å². The van der Waals surface area contributed by atoms with Gasteiger partial charge < -0.3 is 10.2 Å². The Hall–Kier alpha value is -1.16. The predicted molar refractivity (Wildman–Crippen MR) is 95.5 cm³/mol. The lowest BCUT2D eigenvalue weighted by Crippen LogP contribution is -2.48. The summed E-state index contributed by atoms with van der Waals surface area (Å²) in [6.45, 7) is 6.48. The van der Waals surface area contributed by atoms with Gasteiger partial charge in [-0.05, 0) is 38.3 Å². The number of amidine groups is 1. The molecule has 0 amide bonds. The van der Waals surface area contributed by atoms with Gasteiger partial charge in [0.2, 0.25) is 0 Å². The van der Waals surface area contributed by atoms with Gasteiger partial charge in [-0.1, -0.05) is 36.9 Å². The van der Waals surface area contributed by atoms with Crippen LogP contribution in [0.3, 0.4) is 0 Å². The standard InChI is InChI=1S/C17H27N3S/c1-4-17(2)11-14-21-16(19-17)18-12-8-13-20(3)15-9-6-5-7-10-15/h5-7,9-10H,4,8,11-14H2,1-3H3,(H,18,19). The second-order valence-electron chi connectivity index (χ2n) is 5.94. The number of nitrogens with one attached hydrogen (secondary N) is 1. The SMILES string of the molecule is CCC1(C)CCSC(=NCCCN(C)c2ccccc2)N1. The lowest BCUT2D eigenvalue weighted by molar-refractivity contribution is 0.390. The Bertz CT molecular complexity index is 460. The van der Waals surface area contributed by atoms with E-state index in [0.29, 0.717) is 0 Å². The topological polar surface area (TPSA) is 27.6 Å². The number of benzene rings is 1. The summed E-state index contributed by atoms with van der Waals surface area (Å²) in [5.74, 6) is 1.18. The zero-order chi connectivity index (χ0) is 15.1. The molecule has 1 atom stereocenters. The first-order valence-electron chi connectivity index (χ1n) is 7.84. The molecule has 1 aromatic rings. The molecule has 1 N–H and O–H groups in total. The number of hydrogen-bond donors (Lipinski definition) is 1. The first-order valence-corrected chi connectivity index (χ1v) is 8.83. The molecule has 0 saturated carbocycles. The van der Waals surface area contributed by atoms with Gasteiger partial charge in [-0.15, -0.1) is 0 Å². The number of aliphatic imine (C=N–C) groups is 1. The zero-order valence-corrected chi connectivity index (χ0v) is 14.2. The zero-order valence-electron chi connectivity index (χ0n) is 13.4. The molecule has 0 spiro atoms. The highest BCUT2D eigenvalue weighted by Crippen LogP contribution is 2.24. The highest BCUT2D eigenvalue weighted by molar-refractivity contribution is 8.13. The maximum absolute atomic E-state index is 4.73. The highest BCUT2D eigenvalue weighted by atomic mass is 32.2. The Morgan fingerprint density at radius 2 is 2.10 bits per heavy atom. The molecular formula is C17H27N3S. The van der Waals surface area contributed by atoms with E-state index in [1.807, 2.05) is 11.8 Å².